The highest BCUT2D eigenvalue weighted by Gasteiger charge is 2.21. The van der Waals surface area contributed by atoms with Gasteiger partial charge in [-0.15, -0.1) is 0 Å². The Hall–Kier alpha value is -4.06. The quantitative estimate of drug-likeness (QED) is 0.330. The summed E-state index contributed by atoms with van der Waals surface area (Å²) in [5.41, 5.74) is 4.51. The molecule has 1 heterocycles. The number of ether oxygens (including phenoxy) is 2. The summed E-state index contributed by atoms with van der Waals surface area (Å²) in [5, 5.41) is 7.82. The summed E-state index contributed by atoms with van der Waals surface area (Å²) in [6.07, 6.45) is 1.56. The number of aryl methyl sites for hydroxylation is 2. The summed E-state index contributed by atoms with van der Waals surface area (Å²) >= 11 is 0. The second-order valence-electron chi connectivity index (χ2n) is 7.98. The largest absolute Gasteiger partial charge is 0.497 e. The molecule has 0 saturated carbocycles. The second-order valence-corrected chi connectivity index (χ2v) is 7.98. The topological polar surface area (TPSA) is 65.4 Å². The van der Waals surface area contributed by atoms with E-state index in [-0.39, 0.29) is 5.91 Å². The first-order valence-corrected chi connectivity index (χ1v) is 11.4. The van der Waals surface area contributed by atoms with E-state index >= 15 is 0 Å². The molecule has 174 valence electrons. The van der Waals surface area contributed by atoms with Crippen LogP contribution in [0.15, 0.2) is 78.9 Å². The Morgan fingerprint density at radius 1 is 0.971 bits per heavy atom. The summed E-state index contributed by atoms with van der Waals surface area (Å²) in [5.74, 6) is 2.11. The summed E-state index contributed by atoms with van der Waals surface area (Å²) in [6, 6.07) is 25.0. The van der Waals surface area contributed by atoms with Crippen LogP contribution in [0.3, 0.4) is 0 Å². The van der Waals surface area contributed by atoms with Crippen molar-refractivity contribution in [2.24, 2.45) is 0 Å². The van der Waals surface area contributed by atoms with Gasteiger partial charge in [-0.25, -0.2) is 4.68 Å². The van der Waals surface area contributed by atoms with Crippen molar-refractivity contribution in [1.29, 1.82) is 0 Å². The van der Waals surface area contributed by atoms with E-state index in [2.05, 4.69) is 12.2 Å². The predicted molar refractivity (Wildman–Crippen MR) is 134 cm³/mol. The first kappa shape index (κ1) is 23.1. The number of carbonyl (C=O) groups is 1. The summed E-state index contributed by atoms with van der Waals surface area (Å²) in [6.45, 7) is 4.07. The van der Waals surface area contributed by atoms with Gasteiger partial charge in [-0.2, -0.15) is 5.10 Å². The third-order valence-corrected chi connectivity index (χ3v) is 5.63. The molecule has 0 fully saturated rings. The Morgan fingerprint density at radius 3 is 2.35 bits per heavy atom. The molecule has 1 amide bonds. The van der Waals surface area contributed by atoms with E-state index < -0.39 is 0 Å². The molecule has 6 nitrogen and oxygen atoms in total. The molecule has 0 radical (unpaired) electrons. The summed E-state index contributed by atoms with van der Waals surface area (Å²) in [4.78, 5) is 12.7. The van der Waals surface area contributed by atoms with E-state index in [0.29, 0.717) is 18.7 Å². The Kier molecular flexibility index (Phi) is 7.28. The van der Waals surface area contributed by atoms with Crippen molar-refractivity contribution in [1.82, 2.24) is 9.78 Å². The highest BCUT2D eigenvalue weighted by atomic mass is 16.5. The Bertz CT molecular complexity index is 1250. The highest BCUT2D eigenvalue weighted by Crippen LogP contribution is 2.34. The molecule has 0 unspecified atom stereocenters. The number of hydrogen-bond donors (Lipinski definition) is 1. The number of methoxy groups -OCH3 is 1. The lowest BCUT2D eigenvalue weighted by Gasteiger charge is -2.13. The molecular formula is C28H29N3O3. The SMILES string of the molecule is CCc1nn(-c2ccc(OC)cc2)c(Oc2ccccc2C)c1CCC(=O)Nc1ccccc1. The molecule has 3 aromatic carbocycles. The van der Waals surface area contributed by atoms with Crippen molar-refractivity contribution in [3.05, 3.63) is 95.7 Å². The van der Waals surface area contributed by atoms with Gasteiger partial charge in [0.1, 0.15) is 11.5 Å². The Balaban J connectivity index is 1.67. The van der Waals surface area contributed by atoms with E-state index in [9.17, 15) is 4.79 Å². The number of para-hydroxylation sites is 2. The number of nitrogens with zero attached hydrogens (tertiary/aromatic N) is 2. The minimum atomic E-state index is -0.0488. The van der Waals surface area contributed by atoms with Crippen LogP contribution in [0.5, 0.6) is 17.4 Å². The zero-order valence-corrected chi connectivity index (χ0v) is 19.7. The van der Waals surface area contributed by atoms with Gasteiger partial charge < -0.3 is 14.8 Å². The van der Waals surface area contributed by atoms with Crippen LogP contribution in [-0.4, -0.2) is 22.8 Å². The van der Waals surface area contributed by atoms with Crippen molar-refractivity contribution in [3.63, 3.8) is 0 Å². The van der Waals surface area contributed by atoms with E-state index in [0.717, 1.165) is 46.1 Å². The number of benzene rings is 3. The number of amides is 1. The number of aromatic nitrogens is 2. The fourth-order valence-corrected chi connectivity index (χ4v) is 3.77. The van der Waals surface area contributed by atoms with Crippen molar-refractivity contribution in [3.8, 4) is 23.1 Å². The molecule has 34 heavy (non-hydrogen) atoms. The van der Waals surface area contributed by atoms with Crippen molar-refractivity contribution < 1.29 is 14.3 Å². The number of carbonyl (C=O) groups excluding carboxylic acids is 1. The molecule has 0 aliphatic carbocycles. The van der Waals surface area contributed by atoms with Gasteiger partial charge in [0, 0.05) is 17.7 Å². The fourth-order valence-electron chi connectivity index (χ4n) is 3.77. The normalized spacial score (nSPS) is 10.7. The van der Waals surface area contributed by atoms with E-state index in [1.165, 1.54) is 0 Å². The molecule has 1 aromatic heterocycles. The molecule has 0 spiro atoms. The first-order chi connectivity index (χ1) is 16.6. The van der Waals surface area contributed by atoms with Crippen LogP contribution in [0.1, 0.15) is 30.2 Å². The van der Waals surface area contributed by atoms with Crippen LogP contribution >= 0.6 is 0 Å². The Labute approximate surface area is 200 Å². The molecule has 0 saturated heterocycles. The lowest BCUT2D eigenvalue weighted by molar-refractivity contribution is -0.116. The fraction of sp³-hybridized carbons (Fsp3) is 0.214. The molecule has 1 N–H and O–H groups in total. The van der Waals surface area contributed by atoms with Crippen molar-refractivity contribution in [2.75, 3.05) is 12.4 Å². The molecule has 0 bridgehead atoms. The van der Waals surface area contributed by atoms with Crippen LogP contribution in [-0.2, 0) is 17.6 Å². The maximum absolute atomic E-state index is 12.7. The molecular weight excluding hydrogens is 426 g/mol. The van der Waals surface area contributed by atoms with Crippen LogP contribution in [0.4, 0.5) is 5.69 Å². The molecule has 4 aromatic rings. The third kappa shape index (κ3) is 5.29. The van der Waals surface area contributed by atoms with Crippen LogP contribution < -0.4 is 14.8 Å². The minimum Gasteiger partial charge on any atom is -0.497 e. The summed E-state index contributed by atoms with van der Waals surface area (Å²) < 4.78 is 13.6. The lowest BCUT2D eigenvalue weighted by atomic mass is 10.1. The second kappa shape index (κ2) is 10.7. The average molecular weight is 456 g/mol. The van der Waals surface area contributed by atoms with Gasteiger partial charge in [0.15, 0.2) is 0 Å². The Morgan fingerprint density at radius 2 is 1.68 bits per heavy atom. The zero-order chi connectivity index (χ0) is 23.9. The van der Waals surface area contributed by atoms with Gasteiger partial charge in [0.2, 0.25) is 11.8 Å². The highest BCUT2D eigenvalue weighted by molar-refractivity contribution is 5.90. The standard InChI is InChI=1S/C28H29N3O3/c1-4-25-24(18-19-27(32)29-21-11-6-5-7-12-21)28(34-26-13-9-8-10-20(26)2)31(30-25)22-14-16-23(33-3)17-15-22/h5-17H,4,18-19H2,1-3H3,(H,29,32). The molecule has 6 heteroatoms. The minimum absolute atomic E-state index is 0.0488. The maximum atomic E-state index is 12.7. The van der Waals surface area contributed by atoms with Gasteiger partial charge in [-0.3, -0.25) is 4.79 Å². The average Bonchev–Trinajstić information content (AvgIpc) is 3.22. The van der Waals surface area contributed by atoms with Crippen molar-refractivity contribution in [2.45, 2.75) is 33.1 Å². The van der Waals surface area contributed by atoms with E-state index in [4.69, 9.17) is 14.6 Å². The van der Waals surface area contributed by atoms with E-state index in [1.807, 2.05) is 90.5 Å². The first-order valence-electron chi connectivity index (χ1n) is 11.4. The van der Waals surface area contributed by atoms with Gasteiger partial charge in [0.25, 0.3) is 0 Å². The van der Waals surface area contributed by atoms with Gasteiger partial charge in [-0.05, 0) is 67.8 Å². The van der Waals surface area contributed by atoms with Gasteiger partial charge >= 0.3 is 0 Å². The predicted octanol–water partition coefficient (Wildman–Crippen LogP) is 6.12. The number of anilines is 1. The third-order valence-electron chi connectivity index (χ3n) is 5.63. The molecule has 4 rings (SSSR count). The van der Waals surface area contributed by atoms with Gasteiger partial charge in [-0.1, -0.05) is 43.3 Å². The monoisotopic (exact) mass is 455 g/mol. The number of nitrogens with one attached hydrogen (secondary N) is 1. The molecule has 0 atom stereocenters. The van der Waals surface area contributed by atoms with E-state index in [1.54, 1.807) is 7.11 Å². The summed E-state index contributed by atoms with van der Waals surface area (Å²) in [7, 11) is 1.64. The van der Waals surface area contributed by atoms with Crippen LogP contribution in [0.25, 0.3) is 5.69 Å². The van der Waals surface area contributed by atoms with Crippen LogP contribution in [0.2, 0.25) is 0 Å². The number of hydrogen-bond acceptors (Lipinski definition) is 4. The molecule has 0 aliphatic heterocycles. The smallest absolute Gasteiger partial charge is 0.226 e. The lowest BCUT2D eigenvalue weighted by Crippen LogP contribution is -2.12. The van der Waals surface area contributed by atoms with Crippen molar-refractivity contribution >= 4 is 11.6 Å². The zero-order valence-electron chi connectivity index (χ0n) is 19.7. The molecule has 0 aliphatic rings. The van der Waals surface area contributed by atoms with Crippen LogP contribution in [0, 0.1) is 6.92 Å². The van der Waals surface area contributed by atoms with Gasteiger partial charge in [0.05, 0.1) is 18.5 Å². The number of rotatable bonds is 9. The maximum Gasteiger partial charge on any atom is 0.226 e.